The number of nitrogens with zero attached hydrogens (tertiary/aromatic N) is 2. The predicted octanol–water partition coefficient (Wildman–Crippen LogP) is 6.32. The normalized spacial score (nSPS) is 13.5. The number of imidazole rings is 2. The smallest absolute Gasteiger partial charge is 0.123 e. The number of hydrogen-bond donors (Lipinski definition) is 4. The third kappa shape index (κ3) is 9.30. The number of rotatable bonds is 12. The third-order valence-electron chi connectivity index (χ3n) is 6.20. The zero-order chi connectivity index (χ0) is 28.2. The number of allylic oxidation sites excluding steroid dienone is 5. The van der Waals surface area contributed by atoms with E-state index in [1.807, 2.05) is 49.7 Å². The van der Waals surface area contributed by atoms with E-state index in [2.05, 4.69) is 94.7 Å². The first-order valence-corrected chi connectivity index (χ1v) is 13.4. The molecule has 0 saturated carbocycles. The highest BCUT2D eigenvalue weighted by atomic mass is 15.0. The Morgan fingerprint density at radius 2 is 1.85 bits per heavy atom. The molecule has 0 aliphatic heterocycles. The molecule has 0 amide bonds. The molecule has 0 bridgehead atoms. The average Bonchev–Trinajstić information content (AvgIpc) is 3.60. The maximum Gasteiger partial charge on any atom is 0.123 e. The first-order chi connectivity index (χ1) is 18.8. The van der Waals surface area contributed by atoms with Gasteiger partial charge >= 0.3 is 0 Å². The van der Waals surface area contributed by atoms with Crippen molar-refractivity contribution in [2.75, 3.05) is 0 Å². The molecule has 39 heavy (non-hydrogen) atoms. The minimum atomic E-state index is 0.144. The lowest BCUT2D eigenvalue weighted by atomic mass is 10.1. The highest BCUT2D eigenvalue weighted by molar-refractivity contribution is 5.72. The number of hydrogen-bond acceptors (Lipinski definition) is 4. The lowest BCUT2D eigenvalue weighted by Crippen LogP contribution is -2.26. The summed E-state index contributed by atoms with van der Waals surface area (Å²) in [5.41, 5.74) is 5.86. The van der Waals surface area contributed by atoms with Gasteiger partial charge in [-0.2, -0.15) is 0 Å². The van der Waals surface area contributed by atoms with Gasteiger partial charge in [-0.3, -0.25) is 0 Å². The number of aromatic nitrogens is 4. The van der Waals surface area contributed by atoms with Crippen LogP contribution in [0.15, 0.2) is 67.0 Å². The second kappa shape index (κ2) is 14.7. The molecular weight excluding hydrogens is 480 g/mol. The van der Waals surface area contributed by atoms with Gasteiger partial charge < -0.3 is 20.6 Å². The van der Waals surface area contributed by atoms with Crippen LogP contribution < -0.4 is 10.6 Å². The summed E-state index contributed by atoms with van der Waals surface area (Å²) in [5.74, 6) is 11.0. The van der Waals surface area contributed by atoms with Crippen molar-refractivity contribution >= 4 is 5.57 Å². The van der Waals surface area contributed by atoms with Crippen LogP contribution in [0.2, 0.25) is 0 Å². The predicted molar refractivity (Wildman–Crippen MR) is 162 cm³/mol. The summed E-state index contributed by atoms with van der Waals surface area (Å²) in [5, 5.41) is 6.90. The third-order valence-corrected chi connectivity index (χ3v) is 6.20. The molecule has 2 aromatic heterocycles. The molecule has 0 fully saturated rings. The molecule has 6 heteroatoms. The highest BCUT2D eigenvalue weighted by Crippen LogP contribution is 2.19. The van der Waals surface area contributed by atoms with Crippen molar-refractivity contribution in [2.45, 2.75) is 72.1 Å². The van der Waals surface area contributed by atoms with E-state index in [1.54, 1.807) is 0 Å². The topological polar surface area (TPSA) is 81.4 Å². The Hall–Kier alpha value is -4.10. The van der Waals surface area contributed by atoms with Crippen LogP contribution in [0.1, 0.15) is 76.4 Å². The van der Waals surface area contributed by atoms with Crippen LogP contribution in [0.25, 0.3) is 16.8 Å². The van der Waals surface area contributed by atoms with Gasteiger partial charge in [-0.05, 0) is 56.0 Å². The van der Waals surface area contributed by atoms with Gasteiger partial charge in [0.1, 0.15) is 11.6 Å². The number of terminal acetylenes is 1. The molecular formula is C33H40N6. The molecule has 2 heterocycles. The van der Waals surface area contributed by atoms with E-state index in [-0.39, 0.29) is 6.04 Å². The quantitative estimate of drug-likeness (QED) is 0.166. The fraction of sp³-hybridized carbons (Fsp3) is 0.333. The molecule has 0 saturated heterocycles. The molecule has 3 aromatic rings. The molecule has 0 aliphatic rings. The number of nitrogens with one attached hydrogen (secondary N) is 4. The van der Waals surface area contributed by atoms with Crippen LogP contribution >= 0.6 is 0 Å². The monoisotopic (exact) mass is 520 g/mol. The Balaban J connectivity index is 1.61. The standard InChI is InChI=1S/C33H40N6/c1-8-10-11-25(6)34-22-32-35-20-31(38-32)29-18-15-27(16-19-29)14-12-24(5)13-17-28(9-2)30-21-36-33(39-30)26(7)37-23(3)4/h1,9,13,15-21,23,25-26,34,37H,2,10-11,22H2,3-7H3,(H,35,38)(H,36,39)/b24-13+,28-17+. The van der Waals surface area contributed by atoms with Gasteiger partial charge in [-0.15, -0.1) is 12.3 Å². The van der Waals surface area contributed by atoms with E-state index >= 15 is 0 Å². The van der Waals surface area contributed by atoms with E-state index < -0.39 is 0 Å². The van der Waals surface area contributed by atoms with Crippen LogP contribution in [0.3, 0.4) is 0 Å². The Kier molecular flexibility index (Phi) is 11.1. The maximum absolute atomic E-state index is 5.35. The zero-order valence-electron chi connectivity index (χ0n) is 23.7. The van der Waals surface area contributed by atoms with Crippen LogP contribution in [-0.2, 0) is 6.54 Å². The van der Waals surface area contributed by atoms with Crippen LogP contribution in [-0.4, -0.2) is 32.0 Å². The summed E-state index contributed by atoms with van der Waals surface area (Å²) in [6.45, 7) is 15.1. The van der Waals surface area contributed by atoms with E-state index in [9.17, 15) is 0 Å². The lowest BCUT2D eigenvalue weighted by Gasteiger charge is -2.14. The van der Waals surface area contributed by atoms with Gasteiger partial charge in [0, 0.05) is 24.1 Å². The summed E-state index contributed by atoms with van der Waals surface area (Å²) in [4.78, 5) is 15.8. The van der Waals surface area contributed by atoms with Crippen LogP contribution in [0, 0.1) is 24.2 Å². The first-order valence-electron chi connectivity index (χ1n) is 13.4. The SMILES string of the molecule is C#CCCC(C)NCc1ncc(-c2ccc(C#C/C(C)=C/C=C(\C=C)c3cnc(C(C)NC(C)C)[nH]3)cc2)[nH]1. The van der Waals surface area contributed by atoms with Crippen molar-refractivity contribution in [3.05, 3.63) is 89.9 Å². The van der Waals surface area contributed by atoms with Gasteiger partial charge in [-0.25, -0.2) is 9.97 Å². The van der Waals surface area contributed by atoms with E-state index in [0.29, 0.717) is 18.6 Å². The first kappa shape index (κ1) is 29.5. The van der Waals surface area contributed by atoms with Gasteiger partial charge in [0.25, 0.3) is 0 Å². The molecule has 0 aliphatic carbocycles. The van der Waals surface area contributed by atoms with Crippen LogP contribution in [0.5, 0.6) is 0 Å². The van der Waals surface area contributed by atoms with Gasteiger partial charge in [0.15, 0.2) is 0 Å². The van der Waals surface area contributed by atoms with Crippen molar-refractivity contribution in [1.29, 1.82) is 0 Å². The van der Waals surface area contributed by atoms with E-state index in [1.165, 1.54) is 0 Å². The summed E-state index contributed by atoms with van der Waals surface area (Å²) < 4.78 is 0. The number of H-pyrrole nitrogens is 2. The summed E-state index contributed by atoms with van der Waals surface area (Å²) in [6, 6.07) is 9.05. The van der Waals surface area contributed by atoms with E-state index in [4.69, 9.17) is 6.42 Å². The molecule has 4 N–H and O–H groups in total. The molecule has 6 nitrogen and oxygen atoms in total. The van der Waals surface area contributed by atoms with Gasteiger partial charge in [-0.1, -0.05) is 62.6 Å². The highest BCUT2D eigenvalue weighted by Gasteiger charge is 2.11. The molecule has 1 aromatic carbocycles. The van der Waals surface area contributed by atoms with Crippen molar-refractivity contribution in [1.82, 2.24) is 30.6 Å². The van der Waals surface area contributed by atoms with Crippen LogP contribution in [0.4, 0.5) is 0 Å². The van der Waals surface area contributed by atoms with Gasteiger partial charge in [0.05, 0.1) is 36.4 Å². The van der Waals surface area contributed by atoms with E-state index in [0.717, 1.165) is 58.2 Å². The fourth-order valence-corrected chi connectivity index (χ4v) is 3.98. The molecule has 3 rings (SSSR count). The Bertz CT molecular complexity index is 1380. The van der Waals surface area contributed by atoms with Crippen molar-refractivity contribution < 1.29 is 0 Å². The molecule has 0 radical (unpaired) electrons. The number of benzene rings is 1. The molecule has 0 spiro atoms. The lowest BCUT2D eigenvalue weighted by molar-refractivity contribution is 0.490. The maximum atomic E-state index is 5.35. The second-order valence-electron chi connectivity index (χ2n) is 10.00. The molecule has 202 valence electrons. The largest absolute Gasteiger partial charge is 0.341 e. The van der Waals surface area contributed by atoms with Crippen molar-refractivity contribution in [2.24, 2.45) is 0 Å². The summed E-state index contributed by atoms with van der Waals surface area (Å²) >= 11 is 0. The summed E-state index contributed by atoms with van der Waals surface area (Å²) in [7, 11) is 0. The summed E-state index contributed by atoms with van der Waals surface area (Å²) in [6.07, 6.45) is 16.6. The fourth-order valence-electron chi connectivity index (χ4n) is 3.98. The second-order valence-corrected chi connectivity index (χ2v) is 10.00. The average molecular weight is 521 g/mol. The molecule has 2 unspecified atom stereocenters. The van der Waals surface area contributed by atoms with Crippen molar-refractivity contribution in [3.63, 3.8) is 0 Å². The van der Waals surface area contributed by atoms with Gasteiger partial charge in [0.2, 0.25) is 0 Å². The Morgan fingerprint density at radius 1 is 1.08 bits per heavy atom. The zero-order valence-corrected chi connectivity index (χ0v) is 23.7. The Labute approximate surface area is 233 Å². The minimum Gasteiger partial charge on any atom is -0.341 e. The molecule has 2 atom stereocenters. The minimum absolute atomic E-state index is 0.144. The Morgan fingerprint density at radius 3 is 2.54 bits per heavy atom. The number of aromatic amines is 2. The van der Waals surface area contributed by atoms with Crippen molar-refractivity contribution in [3.8, 4) is 35.4 Å².